The zero-order chi connectivity index (χ0) is 17.6. The van der Waals surface area contributed by atoms with Crippen LogP contribution >= 0.6 is 0 Å². The highest BCUT2D eigenvalue weighted by Crippen LogP contribution is 2.15. The first kappa shape index (κ1) is 17.5. The van der Waals surface area contributed by atoms with Crippen LogP contribution < -0.4 is 15.5 Å². The maximum absolute atomic E-state index is 12.1. The van der Waals surface area contributed by atoms with E-state index in [1.165, 1.54) is 0 Å². The molecule has 8 nitrogen and oxygen atoms in total. The minimum Gasteiger partial charge on any atom is -0.378 e. The van der Waals surface area contributed by atoms with E-state index < -0.39 is 0 Å². The summed E-state index contributed by atoms with van der Waals surface area (Å²) < 4.78 is 5.33. The SMILES string of the molecule is C[C@@H](CN1CCCC1=O)NC(=O)Nc1ccc(N2CCOCC2)nc1. The molecule has 0 bridgehead atoms. The highest BCUT2D eigenvalue weighted by atomic mass is 16.5. The van der Waals surface area contributed by atoms with Crippen molar-refractivity contribution in [1.29, 1.82) is 0 Å². The van der Waals surface area contributed by atoms with E-state index in [2.05, 4.69) is 20.5 Å². The number of nitrogens with zero attached hydrogens (tertiary/aromatic N) is 3. The fourth-order valence-electron chi connectivity index (χ4n) is 3.10. The molecule has 0 spiro atoms. The number of amides is 3. The Bertz CT molecular complexity index is 601. The number of hydrogen-bond acceptors (Lipinski definition) is 5. The summed E-state index contributed by atoms with van der Waals surface area (Å²) in [6, 6.07) is 3.34. The van der Waals surface area contributed by atoms with Gasteiger partial charge in [-0.3, -0.25) is 4.79 Å². The monoisotopic (exact) mass is 347 g/mol. The van der Waals surface area contributed by atoms with Crippen LogP contribution in [-0.4, -0.2) is 67.3 Å². The Kier molecular flexibility index (Phi) is 5.70. The largest absolute Gasteiger partial charge is 0.378 e. The summed E-state index contributed by atoms with van der Waals surface area (Å²) >= 11 is 0. The molecule has 0 unspecified atom stereocenters. The molecule has 0 radical (unpaired) electrons. The van der Waals surface area contributed by atoms with Gasteiger partial charge in [0.1, 0.15) is 5.82 Å². The summed E-state index contributed by atoms with van der Waals surface area (Å²) in [4.78, 5) is 32.1. The molecule has 1 aromatic rings. The van der Waals surface area contributed by atoms with Crippen LogP contribution in [0.4, 0.5) is 16.3 Å². The van der Waals surface area contributed by atoms with Crippen LogP contribution in [-0.2, 0) is 9.53 Å². The lowest BCUT2D eigenvalue weighted by molar-refractivity contribution is -0.127. The van der Waals surface area contributed by atoms with Gasteiger partial charge in [-0.05, 0) is 25.5 Å². The molecule has 1 atom stereocenters. The van der Waals surface area contributed by atoms with Gasteiger partial charge in [0.05, 0.1) is 25.1 Å². The van der Waals surface area contributed by atoms with Crippen molar-refractivity contribution in [2.45, 2.75) is 25.8 Å². The number of likely N-dealkylation sites (tertiary alicyclic amines) is 1. The first-order valence-corrected chi connectivity index (χ1v) is 8.76. The van der Waals surface area contributed by atoms with Crippen molar-refractivity contribution in [3.63, 3.8) is 0 Å². The van der Waals surface area contributed by atoms with Crippen LogP contribution in [0.1, 0.15) is 19.8 Å². The fourth-order valence-corrected chi connectivity index (χ4v) is 3.10. The molecule has 2 aliphatic rings. The van der Waals surface area contributed by atoms with E-state index in [1.54, 1.807) is 11.1 Å². The molecule has 2 aliphatic heterocycles. The Hall–Kier alpha value is -2.35. The van der Waals surface area contributed by atoms with Gasteiger partial charge in [-0.15, -0.1) is 0 Å². The molecule has 3 rings (SSSR count). The van der Waals surface area contributed by atoms with E-state index in [0.717, 1.165) is 31.9 Å². The molecule has 25 heavy (non-hydrogen) atoms. The third-order valence-corrected chi connectivity index (χ3v) is 4.38. The van der Waals surface area contributed by atoms with Crippen molar-refractivity contribution in [2.75, 3.05) is 49.6 Å². The lowest BCUT2D eigenvalue weighted by atomic mass is 10.3. The van der Waals surface area contributed by atoms with Crippen LogP contribution in [0.2, 0.25) is 0 Å². The zero-order valence-corrected chi connectivity index (χ0v) is 14.5. The second-order valence-corrected chi connectivity index (χ2v) is 6.45. The van der Waals surface area contributed by atoms with Crippen LogP contribution in [0.15, 0.2) is 18.3 Å². The third kappa shape index (κ3) is 4.82. The van der Waals surface area contributed by atoms with Gasteiger partial charge in [0.2, 0.25) is 5.91 Å². The number of rotatable bonds is 5. The first-order valence-electron chi connectivity index (χ1n) is 8.76. The summed E-state index contributed by atoms with van der Waals surface area (Å²) in [7, 11) is 0. The van der Waals surface area contributed by atoms with E-state index >= 15 is 0 Å². The summed E-state index contributed by atoms with van der Waals surface area (Å²) in [5, 5.41) is 5.64. The number of urea groups is 1. The average Bonchev–Trinajstić information content (AvgIpc) is 3.01. The van der Waals surface area contributed by atoms with Crippen molar-refractivity contribution in [1.82, 2.24) is 15.2 Å². The summed E-state index contributed by atoms with van der Waals surface area (Å²) in [6.07, 6.45) is 3.16. The molecule has 2 N–H and O–H groups in total. The summed E-state index contributed by atoms with van der Waals surface area (Å²) in [6.45, 7) is 6.29. The van der Waals surface area contributed by atoms with E-state index in [4.69, 9.17) is 4.74 Å². The third-order valence-electron chi connectivity index (χ3n) is 4.38. The number of nitrogens with one attached hydrogen (secondary N) is 2. The van der Waals surface area contributed by atoms with E-state index in [0.29, 0.717) is 31.9 Å². The van der Waals surface area contributed by atoms with Gasteiger partial charge in [0.15, 0.2) is 0 Å². The van der Waals surface area contributed by atoms with Crippen molar-refractivity contribution in [3.8, 4) is 0 Å². The maximum Gasteiger partial charge on any atom is 0.319 e. The number of anilines is 2. The molecule has 3 heterocycles. The number of carbonyl (C=O) groups is 2. The Morgan fingerprint density at radius 1 is 1.32 bits per heavy atom. The van der Waals surface area contributed by atoms with Gasteiger partial charge in [-0.1, -0.05) is 0 Å². The molecule has 136 valence electrons. The van der Waals surface area contributed by atoms with E-state index in [-0.39, 0.29) is 18.0 Å². The minimum atomic E-state index is -0.292. The maximum atomic E-state index is 12.1. The molecule has 1 aromatic heterocycles. The van der Waals surface area contributed by atoms with Crippen molar-refractivity contribution >= 4 is 23.4 Å². The first-order chi connectivity index (χ1) is 12.1. The Balaban J connectivity index is 1.46. The van der Waals surface area contributed by atoms with Gasteiger partial charge >= 0.3 is 6.03 Å². The number of ether oxygens (including phenoxy) is 1. The average molecular weight is 347 g/mol. The molecular formula is C17H25N5O3. The summed E-state index contributed by atoms with van der Waals surface area (Å²) in [5.41, 5.74) is 0.638. The van der Waals surface area contributed by atoms with E-state index in [1.807, 2.05) is 19.1 Å². The number of carbonyl (C=O) groups excluding carboxylic acids is 2. The Morgan fingerprint density at radius 2 is 2.12 bits per heavy atom. The zero-order valence-electron chi connectivity index (χ0n) is 14.5. The quantitative estimate of drug-likeness (QED) is 0.831. The second kappa shape index (κ2) is 8.15. The number of pyridine rings is 1. The molecule has 2 saturated heterocycles. The minimum absolute atomic E-state index is 0.109. The lowest BCUT2D eigenvalue weighted by Crippen LogP contribution is -2.44. The van der Waals surface area contributed by atoms with Crippen molar-refractivity contribution < 1.29 is 14.3 Å². The van der Waals surface area contributed by atoms with Crippen LogP contribution in [0.3, 0.4) is 0 Å². The fraction of sp³-hybridized carbons (Fsp3) is 0.588. The predicted octanol–water partition coefficient (Wildman–Crippen LogP) is 1.05. The number of aromatic nitrogens is 1. The van der Waals surface area contributed by atoms with Crippen molar-refractivity contribution in [2.24, 2.45) is 0 Å². The van der Waals surface area contributed by atoms with Gasteiger partial charge in [0.25, 0.3) is 0 Å². The molecular weight excluding hydrogens is 322 g/mol. The Labute approximate surface area is 147 Å². The van der Waals surface area contributed by atoms with Gasteiger partial charge in [-0.2, -0.15) is 0 Å². The molecule has 8 heteroatoms. The Morgan fingerprint density at radius 3 is 2.76 bits per heavy atom. The van der Waals surface area contributed by atoms with Gasteiger partial charge < -0.3 is 25.2 Å². The number of morpholine rings is 1. The van der Waals surface area contributed by atoms with Crippen LogP contribution in [0, 0.1) is 0 Å². The van der Waals surface area contributed by atoms with Gasteiger partial charge in [-0.25, -0.2) is 9.78 Å². The van der Waals surface area contributed by atoms with E-state index in [9.17, 15) is 9.59 Å². The second-order valence-electron chi connectivity index (χ2n) is 6.45. The predicted molar refractivity (Wildman–Crippen MR) is 94.7 cm³/mol. The number of hydrogen-bond donors (Lipinski definition) is 2. The standard InChI is InChI=1S/C17H25N5O3/c1-13(12-22-6-2-3-16(22)23)19-17(24)20-14-4-5-15(18-11-14)21-7-9-25-10-8-21/h4-5,11,13H,2-3,6-10,12H2,1H3,(H2,19,20,24)/t13-/m0/s1. The molecule has 0 aliphatic carbocycles. The lowest BCUT2D eigenvalue weighted by Gasteiger charge is -2.27. The van der Waals surface area contributed by atoms with Crippen LogP contribution in [0.25, 0.3) is 0 Å². The summed E-state index contributed by atoms with van der Waals surface area (Å²) in [5.74, 6) is 1.05. The normalized spacial score (nSPS) is 19.0. The molecule has 0 saturated carbocycles. The molecule has 0 aromatic carbocycles. The topological polar surface area (TPSA) is 86.8 Å². The highest BCUT2D eigenvalue weighted by molar-refractivity contribution is 5.89. The highest BCUT2D eigenvalue weighted by Gasteiger charge is 2.22. The smallest absolute Gasteiger partial charge is 0.319 e. The molecule has 3 amide bonds. The van der Waals surface area contributed by atoms with Crippen molar-refractivity contribution in [3.05, 3.63) is 18.3 Å². The van der Waals surface area contributed by atoms with Gasteiger partial charge in [0, 0.05) is 38.6 Å². The van der Waals surface area contributed by atoms with Crippen LogP contribution in [0.5, 0.6) is 0 Å². The molecule has 2 fully saturated rings.